The van der Waals surface area contributed by atoms with Gasteiger partial charge < -0.3 is 4.90 Å². The quantitative estimate of drug-likeness (QED) is 0.690. The van der Waals surface area contributed by atoms with Gasteiger partial charge in [0.2, 0.25) is 0 Å². The molecule has 1 aliphatic rings. The molecular formula is C12H17N3S. The van der Waals surface area contributed by atoms with Crippen molar-refractivity contribution in [1.82, 2.24) is 4.90 Å². The molecule has 1 heterocycles. The second-order valence-corrected chi connectivity index (χ2v) is 4.83. The highest BCUT2D eigenvalue weighted by Crippen LogP contribution is 2.29. The molecule has 0 N–H and O–H groups in total. The van der Waals surface area contributed by atoms with E-state index in [1.807, 2.05) is 0 Å². The molecule has 0 aromatic rings. The van der Waals surface area contributed by atoms with Crippen molar-refractivity contribution >= 4 is 11.8 Å². The second-order valence-electron chi connectivity index (χ2n) is 3.75. The number of rotatable bonds is 4. The van der Waals surface area contributed by atoms with Gasteiger partial charge in [-0.15, -0.1) is 11.8 Å². The summed E-state index contributed by atoms with van der Waals surface area (Å²) in [5, 5.41) is 0.909. The van der Waals surface area contributed by atoms with Crippen molar-refractivity contribution in [3.63, 3.8) is 0 Å². The molecule has 1 aliphatic heterocycles. The summed E-state index contributed by atoms with van der Waals surface area (Å²) < 4.78 is 0. The Labute approximate surface area is 102 Å². The maximum absolute atomic E-state index is 7.06. The Morgan fingerprint density at radius 1 is 1.19 bits per heavy atom. The number of nitrogens with zero attached hydrogens (tertiary/aromatic N) is 3. The second kappa shape index (κ2) is 7.19. The largest absolute Gasteiger partial charge is 0.549 e. The minimum atomic E-state index is 0.250. The van der Waals surface area contributed by atoms with Gasteiger partial charge in [0.1, 0.15) is 13.1 Å². The number of thioether (sulfide) groups is 1. The summed E-state index contributed by atoms with van der Waals surface area (Å²) in [5.74, 6) is 1.24. The van der Waals surface area contributed by atoms with Crippen molar-refractivity contribution in [2.45, 2.75) is 32.6 Å². The molecule has 0 aromatic carbocycles. The van der Waals surface area contributed by atoms with E-state index in [4.69, 9.17) is 13.1 Å². The Morgan fingerprint density at radius 3 is 2.31 bits per heavy atom. The SMILES string of the molecule is [C-]#[N+]C([N+]#[C-])=C(SCCC)N1CCCCC1. The summed E-state index contributed by atoms with van der Waals surface area (Å²) in [6, 6.07) is 0. The van der Waals surface area contributed by atoms with E-state index in [-0.39, 0.29) is 5.82 Å². The normalized spacial score (nSPS) is 15.1. The Hall–Kier alpha value is -1.13. The molecule has 0 aromatic heterocycles. The third-order valence-electron chi connectivity index (χ3n) is 2.49. The highest BCUT2D eigenvalue weighted by Gasteiger charge is 2.22. The zero-order valence-corrected chi connectivity index (χ0v) is 10.5. The maximum Gasteiger partial charge on any atom is 0.549 e. The van der Waals surface area contributed by atoms with Gasteiger partial charge in [-0.3, -0.25) is 0 Å². The van der Waals surface area contributed by atoms with E-state index < -0.39 is 0 Å². The predicted molar refractivity (Wildman–Crippen MR) is 68.4 cm³/mol. The molecule has 0 radical (unpaired) electrons. The van der Waals surface area contributed by atoms with Crippen molar-refractivity contribution in [1.29, 1.82) is 0 Å². The van der Waals surface area contributed by atoms with Crippen LogP contribution in [0.5, 0.6) is 0 Å². The molecule has 0 bridgehead atoms. The van der Waals surface area contributed by atoms with Gasteiger partial charge in [-0.1, -0.05) is 6.92 Å². The van der Waals surface area contributed by atoms with Crippen LogP contribution in [0.3, 0.4) is 0 Å². The van der Waals surface area contributed by atoms with Crippen LogP contribution in [0.1, 0.15) is 32.6 Å². The standard InChI is InChI=1S/C12H17N3S/c1-4-10-16-12(11(13-2)14-3)15-8-6-5-7-9-15/h4-10H2,1H3. The monoisotopic (exact) mass is 235 g/mol. The molecule has 1 fully saturated rings. The fourth-order valence-corrected chi connectivity index (χ4v) is 2.70. The van der Waals surface area contributed by atoms with Crippen LogP contribution in [0.15, 0.2) is 10.9 Å². The minimum Gasteiger partial charge on any atom is -0.369 e. The van der Waals surface area contributed by atoms with Gasteiger partial charge in [0.05, 0.1) is 0 Å². The first-order valence-corrected chi connectivity index (χ1v) is 6.69. The van der Waals surface area contributed by atoms with Gasteiger partial charge in [-0.05, 0) is 31.4 Å². The first kappa shape index (κ1) is 12.9. The Morgan fingerprint density at radius 2 is 1.81 bits per heavy atom. The van der Waals surface area contributed by atoms with Crippen molar-refractivity contribution in [2.75, 3.05) is 18.8 Å². The van der Waals surface area contributed by atoms with Gasteiger partial charge in [0, 0.05) is 13.1 Å². The number of piperidine rings is 1. The van der Waals surface area contributed by atoms with E-state index in [2.05, 4.69) is 21.5 Å². The van der Waals surface area contributed by atoms with Gasteiger partial charge in [-0.2, -0.15) is 9.69 Å². The van der Waals surface area contributed by atoms with E-state index >= 15 is 0 Å². The average molecular weight is 235 g/mol. The molecule has 0 saturated carbocycles. The van der Waals surface area contributed by atoms with E-state index in [0.29, 0.717) is 0 Å². The first-order chi connectivity index (χ1) is 7.83. The van der Waals surface area contributed by atoms with Crippen molar-refractivity contribution in [3.8, 4) is 0 Å². The molecule has 16 heavy (non-hydrogen) atoms. The van der Waals surface area contributed by atoms with Crippen molar-refractivity contribution in [3.05, 3.63) is 33.7 Å². The van der Waals surface area contributed by atoms with Crippen LogP contribution in [-0.2, 0) is 0 Å². The lowest BCUT2D eigenvalue weighted by Gasteiger charge is -2.29. The molecule has 1 saturated heterocycles. The Kier molecular flexibility index (Phi) is 5.82. The summed E-state index contributed by atoms with van der Waals surface area (Å²) >= 11 is 1.66. The van der Waals surface area contributed by atoms with Crippen LogP contribution in [-0.4, -0.2) is 23.7 Å². The summed E-state index contributed by atoms with van der Waals surface area (Å²) in [7, 11) is 0. The molecule has 86 valence electrons. The molecule has 0 aliphatic carbocycles. The van der Waals surface area contributed by atoms with E-state index in [1.165, 1.54) is 19.3 Å². The zero-order valence-electron chi connectivity index (χ0n) is 9.70. The number of hydrogen-bond acceptors (Lipinski definition) is 2. The molecule has 0 spiro atoms. The summed E-state index contributed by atoms with van der Waals surface area (Å²) in [6.07, 6.45) is 4.71. The van der Waals surface area contributed by atoms with Crippen LogP contribution < -0.4 is 0 Å². The molecular weight excluding hydrogens is 218 g/mol. The van der Waals surface area contributed by atoms with Crippen LogP contribution in [0, 0.1) is 13.1 Å². The Bertz CT molecular complexity index is 313. The topological polar surface area (TPSA) is 12.0 Å². The average Bonchev–Trinajstić information content (AvgIpc) is 2.35. The van der Waals surface area contributed by atoms with Gasteiger partial charge >= 0.3 is 5.82 Å². The number of likely N-dealkylation sites (tertiary alicyclic amines) is 1. The fourth-order valence-electron chi connectivity index (χ4n) is 1.71. The molecule has 0 amide bonds. The van der Waals surface area contributed by atoms with Crippen LogP contribution >= 0.6 is 11.8 Å². The first-order valence-electron chi connectivity index (χ1n) is 5.70. The van der Waals surface area contributed by atoms with Crippen molar-refractivity contribution in [2.24, 2.45) is 0 Å². The summed E-state index contributed by atoms with van der Waals surface area (Å²) in [4.78, 5) is 8.91. The lowest BCUT2D eigenvalue weighted by Crippen LogP contribution is -2.28. The smallest absolute Gasteiger partial charge is 0.369 e. The van der Waals surface area contributed by atoms with E-state index in [9.17, 15) is 0 Å². The minimum absolute atomic E-state index is 0.250. The summed E-state index contributed by atoms with van der Waals surface area (Å²) in [5.41, 5.74) is 0. The Balaban J connectivity index is 2.82. The maximum atomic E-state index is 7.06. The van der Waals surface area contributed by atoms with E-state index in [0.717, 1.165) is 30.3 Å². The van der Waals surface area contributed by atoms with E-state index in [1.54, 1.807) is 11.8 Å². The predicted octanol–water partition coefficient (Wildman–Crippen LogP) is 3.58. The van der Waals surface area contributed by atoms with Gasteiger partial charge in [0.15, 0.2) is 5.03 Å². The lowest BCUT2D eigenvalue weighted by molar-refractivity contribution is 0.301. The number of hydrogen-bond donors (Lipinski definition) is 0. The molecule has 3 nitrogen and oxygen atoms in total. The molecule has 4 heteroatoms. The van der Waals surface area contributed by atoms with Gasteiger partial charge in [0.25, 0.3) is 0 Å². The van der Waals surface area contributed by atoms with Crippen LogP contribution in [0.25, 0.3) is 9.69 Å². The highest BCUT2D eigenvalue weighted by molar-refractivity contribution is 8.03. The third kappa shape index (κ3) is 3.47. The van der Waals surface area contributed by atoms with Crippen LogP contribution in [0.2, 0.25) is 0 Å². The lowest BCUT2D eigenvalue weighted by atomic mass is 10.1. The van der Waals surface area contributed by atoms with Gasteiger partial charge in [-0.25, -0.2) is 0 Å². The van der Waals surface area contributed by atoms with Crippen molar-refractivity contribution < 1.29 is 0 Å². The highest BCUT2D eigenvalue weighted by atomic mass is 32.2. The summed E-state index contributed by atoms with van der Waals surface area (Å²) in [6.45, 7) is 18.2. The fraction of sp³-hybridized carbons (Fsp3) is 0.667. The third-order valence-corrected chi connectivity index (χ3v) is 3.82. The molecule has 0 atom stereocenters. The zero-order chi connectivity index (χ0) is 11.8. The molecule has 0 unspecified atom stereocenters. The molecule has 1 rings (SSSR count). The van der Waals surface area contributed by atoms with Crippen LogP contribution in [0.4, 0.5) is 0 Å².